The third-order valence-corrected chi connectivity index (χ3v) is 5.45. The number of carbonyl (C=O) groups is 1. The van der Waals surface area contributed by atoms with E-state index in [-0.39, 0.29) is 12.1 Å². The molecule has 1 aromatic carbocycles. The number of hydrogen-bond acceptors (Lipinski definition) is 5. The summed E-state index contributed by atoms with van der Waals surface area (Å²) in [4.78, 5) is 16.4. The Labute approximate surface area is 187 Å². The van der Waals surface area contributed by atoms with Gasteiger partial charge in [0, 0.05) is 26.2 Å². The van der Waals surface area contributed by atoms with Gasteiger partial charge >= 0.3 is 6.03 Å². The van der Waals surface area contributed by atoms with E-state index in [9.17, 15) is 4.79 Å². The van der Waals surface area contributed by atoms with Crippen molar-refractivity contribution in [1.29, 1.82) is 0 Å². The van der Waals surface area contributed by atoms with Gasteiger partial charge in [-0.3, -0.25) is 4.90 Å². The standard InChI is InChI=1S/C21H28Cl2N4O3/c1-26(2)13-17-5-4-16(30-17)10-24-21(28)25-11-18-14-27(7-8-29-18)12-15-3-6-19(22)20(23)9-15/h3-6,9,18H,7-8,10-14H2,1-2H3,(H2,24,25,28). The highest BCUT2D eigenvalue weighted by Gasteiger charge is 2.21. The van der Waals surface area contributed by atoms with Crippen LogP contribution in [0.4, 0.5) is 4.79 Å². The van der Waals surface area contributed by atoms with Crippen molar-refractivity contribution in [3.8, 4) is 0 Å². The Bertz CT molecular complexity index is 843. The summed E-state index contributed by atoms with van der Waals surface area (Å²) in [7, 11) is 3.96. The fourth-order valence-electron chi connectivity index (χ4n) is 3.29. The molecule has 9 heteroatoms. The molecule has 1 aliphatic rings. The van der Waals surface area contributed by atoms with Crippen LogP contribution in [0.15, 0.2) is 34.7 Å². The van der Waals surface area contributed by atoms with Gasteiger partial charge in [0.1, 0.15) is 11.5 Å². The van der Waals surface area contributed by atoms with Gasteiger partial charge in [0.05, 0.1) is 35.8 Å². The fourth-order valence-corrected chi connectivity index (χ4v) is 3.61. The Morgan fingerprint density at radius 2 is 1.97 bits per heavy atom. The lowest BCUT2D eigenvalue weighted by Crippen LogP contribution is -2.48. The number of amides is 2. The van der Waals surface area contributed by atoms with Crippen LogP contribution in [0, 0.1) is 0 Å². The quantitative estimate of drug-likeness (QED) is 0.639. The van der Waals surface area contributed by atoms with Crippen LogP contribution in [0.1, 0.15) is 17.1 Å². The highest BCUT2D eigenvalue weighted by atomic mass is 35.5. The summed E-state index contributed by atoms with van der Waals surface area (Å²) in [6.45, 7) is 4.45. The van der Waals surface area contributed by atoms with Gasteiger partial charge in [-0.25, -0.2) is 4.79 Å². The monoisotopic (exact) mass is 454 g/mol. The third-order valence-electron chi connectivity index (χ3n) is 4.72. The molecule has 1 fully saturated rings. The number of benzene rings is 1. The van der Waals surface area contributed by atoms with Gasteiger partial charge < -0.3 is 24.7 Å². The summed E-state index contributed by atoms with van der Waals surface area (Å²) in [5.74, 6) is 1.60. The lowest BCUT2D eigenvalue weighted by Gasteiger charge is -2.33. The molecule has 1 atom stereocenters. The van der Waals surface area contributed by atoms with Gasteiger partial charge in [-0.05, 0) is 43.9 Å². The molecule has 0 saturated carbocycles. The van der Waals surface area contributed by atoms with Crippen LogP contribution < -0.4 is 10.6 Å². The van der Waals surface area contributed by atoms with Gasteiger partial charge in [0.2, 0.25) is 0 Å². The van der Waals surface area contributed by atoms with Gasteiger partial charge in [-0.15, -0.1) is 0 Å². The lowest BCUT2D eigenvalue weighted by atomic mass is 10.2. The van der Waals surface area contributed by atoms with Crippen LogP contribution >= 0.6 is 23.2 Å². The van der Waals surface area contributed by atoms with Crippen LogP contribution in [0.2, 0.25) is 10.0 Å². The predicted octanol–water partition coefficient (Wildman–Crippen LogP) is 3.35. The zero-order valence-electron chi connectivity index (χ0n) is 17.3. The number of furan rings is 1. The Balaban J connectivity index is 1.38. The lowest BCUT2D eigenvalue weighted by molar-refractivity contribution is -0.0287. The van der Waals surface area contributed by atoms with Crippen molar-refractivity contribution >= 4 is 29.2 Å². The molecule has 0 spiro atoms. The van der Waals surface area contributed by atoms with Gasteiger partial charge in [-0.2, -0.15) is 0 Å². The first-order valence-electron chi connectivity index (χ1n) is 9.91. The minimum absolute atomic E-state index is 0.0671. The molecule has 3 rings (SSSR count). The van der Waals surface area contributed by atoms with E-state index in [0.717, 1.165) is 43.3 Å². The molecule has 0 radical (unpaired) electrons. The molecule has 30 heavy (non-hydrogen) atoms. The number of hydrogen-bond donors (Lipinski definition) is 2. The normalized spacial score (nSPS) is 17.3. The SMILES string of the molecule is CN(C)Cc1ccc(CNC(=O)NCC2CN(Cc3ccc(Cl)c(Cl)c3)CCO2)o1. The second-order valence-electron chi connectivity index (χ2n) is 7.65. The average Bonchev–Trinajstić information content (AvgIpc) is 3.14. The summed E-state index contributed by atoms with van der Waals surface area (Å²) in [5.41, 5.74) is 1.10. The number of carbonyl (C=O) groups excluding carboxylic acids is 1. The van der Waals surface area contributed by atoms with Crippen LogP contribution in [0.3, 0.4) is 0 Å². The van der Waals surface area contributed by atoms with E-state index in [1.165, 1.54) is 0 Å². The molecule has 1 saturated heterocycles. The van der Waals surface area contributed by atoms with E-state index in [1.807, 2.05) is 49.3 Å². The molecule has 7 nitrogen and oxygen atoms in total. The number of ether oxygens (including phenoxy) is 1. The maximum absolute atomic E-state index is 12.1. The van der Waals surface area contributed by atoms with E-state index in [2.05, 4.69) is 15.5 Å². The fraction of sp³-hybridized carbons (Fsp3) is 0.476. The largest absolute Gasteiger partial charge is 0.463 e. The van der Waals surface area contributed by atoms with Crippen molar-refractivity contribution in [2.75, 3.05) is 40.3 Å². The molecule has 2 N–H and O–H groups in total. The van der Waals surface area contributed by atoms with E-state index in [1.54, 1.807) is 0 Å². The molecule has 2 amide bonds. The smallest absolute Gasteiger partial charge is 0.315 e. The van der Waals surface area contributed by atoms with Gasteiger partial charge in [0.25, 0.3) is 0 Å². The van der Waals surface area contributed by atoms with Crippen molar-refractivity contribution in [2.24, 2.45) is 0 Å². The van der Waals surface area contributed by atoms with E-state index >= 15 is 0 Å². The van der Waals surface area contributed by atoms with Crippen LogP contribution in [0.5, 0.6) is 0 Å². The summed E-state index contributed by atoms with van der Waals surface area (Å²) in [5, 5.41) is 6.80. The molecule has 2 aromatic rings. The highest BCUT2D eigenvalue weighted by molar-refractivity contribution is 6.42. The van der Waals surface area contributed by atoms with E-state index in [0.29, 0.717) is 29.7 Å². The Morgan fingerprint density at radius 1 is 1.17 bits per heavy atom. The minimum Gasteiger partial charge on any atom is -0.463 e. The predicted molar refractivity (Wildman–Crippen MR) is 118 cm³/mol. The number of rotatable bonds is 8. The number of halogens is 2. The van der Waals surface area contributed by atoms with Crippen molar-refractivity contribution in [2.45, 2.75) is 25.7 Å². The highest BCUT2D eigenvalue weighted by Crippen LogP contribution is 2.23. The number of morpholine rings is 1. The number of nitrogens with zero attached hydrogens (tertiary/aromatic N) is 2. The van der Waals surface area contributed by atoms with E-state index in [4.69, 9.17) is 32.4 Å². The molecular weight excluding hydrogens is 427 g/mol. The summed E-state index contributed by atoms with van der Waals surface area (Å²) >= 11 is 12.1. The Morgan fingerprint density at radius 3 is 2.73 bits per heavy atom. The van der Waals surface area contributed by atoms with Crippen LogP contribution in [-0.4, -0.2) is 62.3 Å². The molecule has 0 aliphatic carbocycles. The minimum atomic E-state index is -0.245. The molecule has 1 aromatic heterocycles. The van der Waals surface area contributed by atoms with Crippen molar-refractivity contribution in [3.05, 3.63) is 57.5 Å². The number of urea groups is 1. The van der Waals surface area contributed by atoms with Crippen LogP contribution in [-0.2, 0) is 24.4 Å². The topological polar surface area (TPSA) is 70.0 Å². The molecule has 2 heterocycles. The zero-order chi connectivity index (χ0) is 21.5. The second kappa shape index (κ2) is 11.0. The first kappa shape index (κ1) is 22.9. The molecule has 1 aliphatic heterocycles. The van der Waals surface area contributed by atoms with Crippen molar-refractivity contribution in [3.63, 3.8) is 0 Å². The van der Waals surface area contributed by atoms with Crippen LogP contribution in [0.25, 0.3) is 0 Å². The first-order chi connectivity index (χ1) is 14.4. The molecular formula is C21H28Cl2N4O3. The maximum Gasteiger partial charge on any atom is 0.315 e. The van der Waals surface area contributed by atoms with Crippen molar-refractivity contribution < 1.29 is 13.9 Å². The van der Waals surface area contributed by atoms with Gasteiger partial charge in [0.15, 0.2) is 0 Å². The maximum atomic E-state index is 12.1. The van der Waals surface area contributed by atoms with Gasteiger partial charge in [-0.1, -0.05) is 29.3 Å². The summed E-state index contributed by atoms with van der Waals surface area (Å²) < 4.78 is 11.5. The first-order valence-corrected chi connectivity index (χ1v) is 10.7. The van der Waals surface area contributed by atoms with E-state index < -0.39 is 0 Å². The molecule has 1 unspecified atom stereocenters. The third kappa shape index (κ3) is 7.18. The second-order valence-corrected chi connectivity index (χ2v) is 8.46. The molecule has 0 bridgehead atoms. The summed E-state index contributed by atoms with van der Waals surface area (Å²) in [6.07, 6.45) is -0.0671. The van der Waals surface area contributed by atoms with Crippen molar-refractivity contribution in [1.82, 2.24) is 20.4 Å². The average molecular weight is 455 g/mol. The Kier molecular flexibility index (Phi) is 8.41. The zero-order valence-corrected chi connectivity index (χ0v) is 18.8. The Hall–Kier alpha value is -1.77. The number of nitrogens with one attached hydrogen (secondary N) is 2. The summed E-state index contributed by atoms with van der Waals surface area (Å²) in [6, 6.07) is 9.23. The molecule has 164 valence electrons.